The largest absolute Gasteiger partial charge is 0.466 e. The standard InChI is InChI=1S/C33H32N6O2.C4H8O2/c1-23-13-14-28-26(19-23)30(31(37(28)2)25-11-7-4-8-12-25)33(41)39-17-15-38(16-18-39)29-22-34-27(21-35-29)32(40)36-20-24-9-5-3-6-10-24;1-3-6-4(2)5/h3-14,19,21-22H,15-18,20H2,1-2H3,(H,36,40);3H2,1-2H3. The van der Waals surface area contributed by atoms with Crippen molar-refractivity contribution in [2.24, 2.45) is 7.05 Å². The number of fused-ring (bicyclic) bond motifs is 1. The molecule has 1 saturated heterocycles. The molecule has 0 aliphatic carbocycles. The van der Waals surface area contributed by atoms with E-state index in [1.165, 1.54) is 13.1 Å². The highest BCUT2D eigenvalue weighted by atomic mass is 16.5. The normalized spacial score (nSPS) is 12.7. The topological polar surface area (TPSA) is 110 Å². The number of piperazine rings is 1. The lowest BCUT2D eigenvalue weighted by molar-refractivity contribution is -0.140. The molecule has 0 unspecified atom stereocenters. The fourth-order valence-corrected chi connectivity index (χ4v) is 5.68. The number of benzene rings is 3. The van der Waals surface area contributed by atoms with E-state index in [1.54, 1.807) is 13.1 Å². The third-order valence-electron chi connectivity index (χ3n) is 8.02. The Bertz CT molecular complexity index is 1830. The molecule has 10 heteroatoms. The number of carbonyl (C=O) groups excluding carboxylic acids is 3. The van der Waals surface area contributed by atoms with E-state index in [0.717, 1.165) is 38.9 Å². The Morgan fingerprint density at radius 1 is 0.872 bits per heavy atom. The Kier molecular flexibility index (Phi) is 10.6. The lowest BCUT2D eigenvalue weighted by Gasteiger charge is -2.35. The monoisotopic (exact) mass is 632 g/mol. The number of hydrogen-bond acceptors (Lipinski definition) is 7. The fourth-order valence-electron chi connectivity index (χ4n) is 5.68. The summed E-state index contributed by atoms with van der Waals surface area (Å²) in [6.07, 6.45) is 3.15. The summed E-state index contributed by atoms with van der Waals surface area (Å²) >= 11 is 0. The molecule has 3 aromatic carbocycles. The molecular formula is C37H40N6O4. The summed E-state index contributed by atoms with van der Waals surface area (Å²) in [7, 11) is 2.03. The lowest BCUT2D eigenvalue weighted by atomic mass is 10.0. The molecule has 0 bridgehead atoms. The third-order valence-corrected chi connectivity index (χ3v) is 8.02. The van der Waals surface area contributed by atoms with E-state index in [2.05, 4.69) is 66.7 Å². The first-order valence-electron chi connectivity index (χ1n) is 15.7. The first kappa shape index (κ1) is 32.9. The van der Waals surface area contributed by atoms with Gasteiger partial charge in [0.1, 0.15) is 11.5 Å². The Morgan fingerprint density at radius 2 is 1.55 bits per heavy atom. The van der Waals surface area contributed by atoms with Crippen molar-refractivity contribution in [3.63, 3.8) is 0 Å². The molecule has 242 valence electrons. The van der Waals surface area contributed by atoms with Crippen LogP contribution in [0.15, 0.2) is 91.3 Å². The van der Waals surface area contributed by atoms with Crippen molar-refractivity contribution < 1.29 is 19.1 Å². The van der Waals surface area contributed by atoms with Gasteiger partial charge < -0.3 is 24.4 Å². The van der Waals surface area contributed by atoms with Gasteiger partial charge in [0.05, 0.1) is 30.3 Å². The van der Waals surface area contributed by atoms with Crippen LogP contribution in [-0.2, 0) is 23.1 Å². The smallest absolute Gasteiger partial charge is 0.302 e. The van der Waals surface area contributed by atoms with Gasteiger partial charge in [-0.2, -0.15) is 0 Å². The number of amides is 2. The van der Waals surface area contributed by atoms with Crippen molar-refractivity contribution in [2.45, 2.75) is 27.3 Å². The number of aromatic nitrogens is 3. The van der Waals surface area contributed by atoms with Crippen molar-refractivity contribution in [3.8, 4) is 11.3 Å². The highest BCUT2D eigenvalue weighted by molar-refractivity contribution is 6.13. The van der Waals surface area contributed by atoms with Crippen LogP contribution in [0.25, 0.3) is 22.2 Å². The fraction of sp³-hybridized carbons (Fsp3) is 0.270. The number of esters is 1. The number of nitrogens with one attached hydrogen (secondary N) is 1. The predicted octanol–water partition coefficient (Wildman–Crippen LogP) is 5.41. The number of carbonyl (C=O) groups is 3. The second kappa shape index (κ2) is 15.2. The average molecular weight is 633 g/mol. The van der Waals surface area contributed by atoms with Crippen LogP contribution in [0, 0.1) is 6.92 Å². The molecule has 47 heavy (non-hydrogen) atoms. The number of anilines is 1. The van der Waals surface area contributed by atoms with Crippen LogP contribution in [0.5, 0.6) is 0 Å². The first-order valence-corrected chi connectivity index (χ1v) is 15.7. The number of nitrogens with zero attached hydrogens (tertiary/aromatic N) is 5. The number of rotatable bonds is 7. The summed E-state index contributed by atoms with van der Waals surface area (Å²) < 4.78 is 6.53. The highest BCUT2D eigenvalue weighted by Crippen LogP contribution is 2.35. The molecule has 1 fully saturated rings. The maximum Gasteiger partial charge on any atom is 0.302 e. The molecule has 6 rings (SSSR count). The molecule has 10 nitrogen and oxygen atoms in total. The molecular weight excluding hydrogens is 592 g/mol. The van der Waals surface area contributed by atoms with E-state index in [9.17, 15) is 14.4 Å². The zero-order valence-corrected chi connectivity index (χ0v) is 27.3. The van der Waals surface area contributed by atoms with E-state index in [4.69, 9.17) is 0 Å². The first-order chi connectivity index (χ1) is 22.8. The number of hydrogen-bond donors (Lipinski definition) is 1. The van der Waals surface area contributed by atoms with Crippen molar-refractivity contribution in [1.29, 1.82) is 0 Å². The summed E-state index contributed by atoms with van der Waals surface area (Å²) in [6.45, 7) is 8.53. The van der Waals surface area contributed by atoms with E-state index in [-0.39, 0.29) is 23.5 Å². The van der Waals surface area contributed by atoms with Gasteiger partial charge >= 0.3 is 5.97 Å². The SMILES string of the molecule is CCOC(C)=O.Cc1ccc2c(c1)c(C(=O)N1CCN(c3cnc(C(=O)NCc4ccccc4)cn3)CC1)c(-c1ccccc1)n2C. The molecule has 1 aliphatic heterocycles. The van der Waals surface area contributed by atoms with Crippen LogP contribution in [0.2, 0.25) is 0 Å². The van der Waals surface area contributed by atoms with Gasteiger partial charge in [0.15, 0.2) is 0 Å². The minimum atomic E-state index is -0.261. The Labute approximate surface area is 275 Å². The van der Waals surface area contributed by atoms with Gasteiger partial charge in [-0.25, -0.2) is 9.97 Å². The quantitative estimate of drug-likeness (QED) is 0.239. The Morgan fingerprint density at radius 3 is 2.15 bits per heavy atom. The van der Waals surface area contributed by atoms with E-state index in [0.29, 0.717) is 45.1 Å². The van der Waals surface area contributed by atoms with Gasteiger partial charge in [-0.15, -0.1) is 0 Å². The molecule has 0 spiro atoms. The summed E-state index contributed by atoms with van der Waals surface area (Å²) in [4.78, 5) is 49.3. The summed E-state index contributed by atoms with van der Waals surface area (Å²) in [6, 6.07) is 26.1. The lowest BCUT2D eigenvalue weighted by Crippen LogP contribution is -2.49. The Balaban J connectivity index is 0.000000662. The molecule has 2 amide bonds. The van der Waals surface area contributed by atoms with E-state index >= 15 is 0 Å². The maximum atomic E-state index is 14.1. The van der Waals surface area contributed by atoms with Crippen LogP contribution in [0.3, 0.4) is 0 Å². The second-order valence-electron chi connectivity index (χ2n) is 11.3. The van der Waals surface area contributed by atoms with Gasteiger partial charge in [0.2, 0.25) is 0 Å². The Hall–Kier alpha value is -5.51. The number of ether oxygens (including phenoxy) is 1. The molecule has 0 saturated carbocycles. The molecule has 2 aromatic heterocycles. The molecule has 0 atom stereocenters. The maximum absolute atomic E-state index is 14.1. The molecule has 1 aliphatic rings. The summed E-state index contributed by atoms with van der Waals surface area (Å²) in [5, 5.41) is 3.86. The van der Waals surface area contributed by atoms with Gasteiger partial charge in [-0.05, 0) is 37.1 Å². The molecule has 5 aromatic rings. The molecule has 3 heterocycles. The minimum Gasteiger partial charge on any atom is -0.466 e. The predicted molar refractivity (Wildman–Crippen MR) is 183 cm³/mol. The van der Waals surface area contributed by atoms with Crippen molar-refractivity contribution in [1.82, 2.24) is 24.8 Å². The van der Waals surface area contributed by atoms with Gasteiger partial charge in [0, 0.05) is 57.6 Å². The third kappa shape index (κ3) is 7.84. The summed E-state index contributed by atoms with van der Waals surface area (Å²) in [5.41, 5.74) is 6.17. The highest BCUT2D eigenvalue weighted by Gasteiger charge is 2.29. The van der Waals surface area contributed by atoms with Crippen LogP contribution in [0.1, 0.15) is 45.8 Å². The second-order valence-corrected chi connectivity index (χ2v) is 11.3. The van der Waals surface area contributed by atoms with Crippen LogP contribution in [-0.4, -0.2) is 70.0 Å². The zero-order valence-electron chi connectivity index (χ0n) is 27.3. The molecule has 0 radical (unpaired) electrons. The van der Waals surface area contributed by atoms with E-state index in [1.807, 2.05) is 60.5 Å². The van der Waals surface area contributed by atoms with E-state index < -0.39 is 0 Å². The van der Waals surface area contributed by atoms with Gasteiger partial charge in [-0.1, -0.05) is 72.3 Å². The van der Waals surface area contributed by atoms with Crippen molar-refractivity contribution >= 4 is 34.5 Å². The average Bonchev–Trinajstić information content (AvgIpc) is 3.39. The minimum absolute atomic E-state index is 0.0382. The summed E-state index contributed by atoms with van der Waals surface area (Å²) in [5.74, 6) is 0.263. The van der Waals surface area contributed by atoms with Crippen molar-refractivity contribution in [2.75, 3.05) is 37.7 Å². The van der Waals surface area contributed by atoms with Gasteiger partial charge in [0.25, 0.3) is 11.8 Å². The van der Waals surface area contributed by atoms with Gasteiger partial charge in [-0.3, -0.25) is 14.4 Å². The van der Waals surface area contributed by atoms with Crippen LogP contribution in [0.4, 0.5) is 5.82 Å². The van der Waals surface area contributed by atoms with Crippen LogP contribution < -0.4 is 10.2 Å². The zero-order chi connectivity index (χ0) is 33.3. The van der Waals surface area contributed by atoms with Crippen molar-refractivity contribution in [3.05, 3.63) is 114 Å². The number of aryl methyl sites for hydroxylation is 2. The van der Waals surface area contributed by atoms with Crippen LogP contribution >= 0.6 is 0 Å². The molecule has 1 N–H and O–H groups in total.